The topological polar surface area (TPSA) is 67.2 Å². The molecule has 1 fully saturated rings. The molecule has 6 nitrogen and oxygen atoms in total. The van der Waals surface area contributed by atoms with Gasteiger partial charge in [-0.1, -0.05) is 30.3 Å². The van der Waals surface area contributed by atoms with E-state index in [1.165, 1.54) is 17.9 Å². The lowest BCUT2D eigenvalue weighted by Gasteiger charge is -2.43. The molecule has 6 rings (SSSR count). The van der Waals surface area contributed by atoms with E-state index in [-0.39, 0.29) is 11.5 Å². The minimum absolute atomic E-state index is 0.0802. The normalized spacial score (nSPS) is 19.3. The molecule has 35 heavy (non-hydrogen) atoms. The molecule has 2 aliphatic heterocycles. The summed E-state index contributed by atoms with van der Waals surface area (Å²) in [6.45, 7) is 5.07. The van der Waals surface area contributed by atoms with Gasteiger partial charge < -0.3 is 9.88 Å². The van der Waals surface area contributed by atoms with Crippen molar-refractivity contribution in [3.63, 3.8) is 0 Å². The van der Waals surface area contributed by atoms with Crippen LogP contribution in [0.5, 0.6) is 0 Å². The lowest BCUT2D eigenvalue weighted by molar-refractivity contribution is -0.114. The summed E-state index contributed by atoms with van der Waals surface area (Å²) in [5.41, 5.74) is 5.81. The molecule has 0 saturated carbocycles. The Balaban J connectivity index is 1.23. The predicted octanol–water partition coefficient (Wildman–Crippen LogP) is 4.64. The Morgan fingerprint density at radius 1 is 1.03 bits per heavy atom. The highest BCUT2D eigenvalue weighted by molar-refractivity contribution is 5.89. The lowest BCUT2D eigenvalue weighted by Crippen LogP contribution is -2.46. The van der Waals surface area contributed by atoms with Crippen LogP contribution < -0.4 is 10.9 Å². The lowest BCUT2D eigenvalue weighted by atomic mass is 9.82. The van der Waals surface area contributed by atoms with Crippen LogP contribution in [0.25, 0.3) is 22.0 Å². The molecule has 6 heteroatoms. The highest BCUT2D eigenvalue weighted by Gasteiger charge is 2.35. The maximum Gasteiger partial charge on any atom is 0.258 e. The number of carbonyl (C=O) groups is 1. The third-order valence-corrected chi connectivity index (χ3v) is 7.25. The molecule has 2 bridgehead atoms. The van der Waals surface area contributed by atoms with Gasteiger partial charge in [-0.05, 0) is 59.9 Å². The number of benzene rings is 2. The molecule has 2 aromatic heterocycles. The van der Waals surface area contributed by atoms with Crippen molar-refractivity contribution in [2.45, 2.75) is 32.4 Å². The summed E-state index contributed by atoms with van der Waals surface area (Å²) >= 11 is 0. The molecule has 2 aliphatic rings. The fourth-order valence-electron chi connectivity index (χ4n) is 5.79. The largest absolute Gasteiger partial charge is 0.326 e. The van der Waals surface area contributed by atoms with Crippen LogP contribution in [0.2, 0.25) is 0 Å². The number of piperidine rings is 1. The molecule has 0 aliphatic carbocycles. The highest BCUT2D eigenvalue weighted by Crippen LogP contribution is 2.36. The molecule has 2 aromatic carbocycles. The number of nitrogens with one attached hydrogen (secondary N) is 1. The standard InChI is InChI=1S/C29H28N4O2/c1-19(34)31-25-8-6-22(7-9-25)26-10-11-28-24-13-21(17-33(28)29(26)35)16-32(18-24)15-20-12-23-4-2-3-5-27(23)30-14-20/h2-12,14,21,24H,13,15-18H2,1H3,(H,31,34)/t21-,24+/m0/s1. The number of para-hydroxylation sites is 1. The SMILES string of the molecule is CC(=O)Nc1ccc(-c2ccc3n(c2=O)C[C@H]2C[C@@H]3CN(Cc3cnc4ccccc4c3)C2)cc1. The summed E-state index contributed by atoms with van der Waals surface area (Å²) in [5.74, 6) is 0.716. The number of rotatable bonds is 4. The second-order valence-electron chi connectivity index (χ2n) is 9.88. The Morgan fingerprint density at radius 3 is 2.69 bits per heavy atom. The summed E-state index contributed by atoms with van der Waals surface area (Å²) in [6.07, 6.45) is 3.13. The van der Waals surface area contributed by atoms with Gasteiger partial charge >= 0.3 is 0 Å². The number of pyridine rings is 2. The zero-order valence-corrected chi connectivity index (χ0v) is 19.8. The van der Waals surface area contributed by atoms with Crippen molar-refractivity contribution in [1.29, 1.82) is 0 Å². The Labute approximate surface area is 204 Å². The molecule has 2 atom stereocenters. The number of carbonyl (C=O) groups excluding carboxylic acids is 1. The quantitative estimate of drug-likeness (QED) is 0.478. The van der Waals surface area contributed by atoms with Crippen molar-refractivity contribution >= 4 is 22.5 Å². The van der Waals surface area contributed by atoms with Crippen LogP contribution in [0.4, 0.5) is 5.69 Å². The number of amides is 1. The number of nitrogens with zero attached hydrogens (tertiary/aromatic N) is 3. The number of fused-ring (bicyclic) bond motifs is 5. The van der Waals surface area contributed by atoms with Crippen molar-refractivity contribution in [2.75, 3.05) is 18.4 Å². The van der Waals surface area contributed by atoms with Crippen LogP contribution in [0.3, 0.4) is 0 Å². The van der Waals surface area contributed by atoms with Crippen molar-refractivity contribution in [2.24, 2.45) is 5.92 Å². The number of hydrogen-bond donors (Lipinski definition) is 1. The van der Waals surface area contributed by atoms with E-state index in [1.54, 1.807) is 0 Å². The Hall–Kier alpha value is -3.77. The second-order valence-corrected chi connectivity index (χ2v) is 9.88. The molecular weight excluding hydrogens is 436 g/mol. The van der Waals surface area contributed by atoms with Crippen molar-refractivity contribution in [1.82, 2.24) is 14.5 Å². The molecule has 0 radical (unpaired) electrons. The van der Waals surface area contributed by atoms with Crippen LogP contribution >= 0.6 is 0 Å². The molecule has 0 unspecified atom stereocenters. The monoisotopic (exact) mass is 464 g/mol. The molecular formula is C29H28N4O2. The Bertz CT molecular complexity index is 1470. The van der Waals surface area contributed by atoms with E-state index in [1.807, 2.05) is 53.2 Å². The summed E-state index contributed by atoms with van der Waals surface area (Å²) in [5, 5.41) is 3.95. The maximum atomic E-state index is 13.5. The summed E-state index contributed by atoms with van der Waals surface area (Å²) in [4.78, 5) is 31.9. The van der Waals surface area contributed by atoms with Crippen LogP contribution in [0.15, 0.2) is 77.7 Å². The van der Waals surface area contributed by atoms with Crippen LogP contribution in [-0.4, -0.2) is 33.4 Å². The van der Waals surface area contributed by atoms with E-state index in [2.05, 4.69) is 39.5 Å². The number of hydrogen-bond acceptors (Lipinski definition) is 4. The van der Waals surface area contributed by atoms with Gasteiger partial charge in [-0.25, -0.2) is 0 Å². The predicted molar refractivity (Wildman–Crippen MR) is 138 cm³/mol. The second kappa shape index (κ2) is 8.78. The zero-order valence-electron chi connectivity index (χ0n) is 19.8. The van der Waals surface area contributed by atoms with E-state index < -0.39 is 0 Å². The van der Waals surface area contributed by atoms with Crippen molar-refractivity contribution in [3.05, 3.63) is 94.5 Å². The molecule has 1 saturated heterocycles. The van der Waals surface area contributed by atoms with Gasteiger partial charge in [0, 0.05) is 67.5 Å². The number of anilines is 1. The van der Waals surface area contributed by atoms with Crippen LogP contribution in [-0.2, 0) is 17.9 Å². The first-order valence-corrected chi connectivity index (χ1v) is 12.2. The molecule has 4 heterocycles. The summed E-state index contributed by atoms with van der Waals surface area (Å²) in [7, 11) is 0. The molecule has 4 aromatic rings. The van der Waals surface area contributed by atoms with Gasteiger partial charge in [0.1, 0.15) is 0 Å². The number of likely N-dealkylation sites (tertiary alicyclic amines) is 1. The maximum absolute atomic E-state index is 13.5. The smallest absolute Gasteiger partial charge is 0.258 e. The number of aromatic nitrogens is 2. The van der Waals surface area contributed by atoms with Gasteiger partial charge in [0.15, 0.2) is 0 Å². The van der Waals surface area contributed by atoms with E-state index in [0.29, 0.717) is 17.4 Å². The average Bonchev–Trinajstić information content (AvgIpc) is 2.85. The average molecular weight is 465 g/mol. The molecule has 1 amide bonds. The Morgan fingerprint density at radius 2 is 1.86 bits per heavy atom. The summed E-state index contributed by atoms with van der Waals surface area (Å²) in [6, 6.07) is 22.1. The van der Waals surface area contributed by atoms with Crippen LogP contribution in [0, 0.1) is 5.92 Å². The first kappa shape index (κ1) is 21.7. The third kappa shape index (κ3) is 4.26. The van der Waals surface area contributed by atoms with Crippen molar-refractivity contribution < 1.29 is 4.79 Å². The van der Waals surface area contributed by atoms with E-state index in [0.717, 1.165) is 55.1 Å². The van der Waals surface area contributed by atoms with Gasteiger partial charge in [0.05, 0.1) is 5.52 Å². The molecule has 176 valence electrons. The minimum Gasteiger partial charge on any atom is -0.326 e. The summed E-state index contributed by atoms with van der Waals surface area (Å²) < 4.78 is 2.00. The molecule has 1 N–H and O–H groups in total. The van der Waals surface area contributed by atoms with Gasteiger partial charge in [-0.15, -0.1) is 0 Å². The van der Waals surface area contributed by atoms with Crippen LogP contribution in [0.1, 0.15) is 30.5 Å². The van der Waals surface area contributed by atoms with E-state index in [4.69, 9.17) is 0 Å². The first-order chi connectivity index (χ1) is 17.0. The molecule has 0 spiro atoms. The van der Waals surface area contributed by atoms with E-state index in [9.17, 15) is 9.59 Å². The van der Waals surface area contributed by atoms with Gasteiger partial charge in [0.2, 0.25) is 5.91 Å². The highest BCUT2D eigenvalue weighted by atomic mass is 16.1. The zero-order chi connectivity index (χ0) is 23.9. The van der Waals surface area contributed by atoms with Gasteiger partial charge in [0.25, 0.3) is 5.56 Å². The van der Waals surface area contributed by atoms with Crippen molar-refractivity contribution in [3.8, 4) is 11.1 Å². The van der Waals surface area contributed by atoms with Gasteiger partial charge in [-0.2, -0.15) is 0 Å². The minimum atomic E-state index is -0.107. The van der Waals surface area contributed by atoms with Gasteiger partial charge in [-0.3, -0.25) is 19.5 Å². The fourth-order valence-corrected chi connectivity index (χ4v) is 5.79. The first-order valence-electron chi connectivity index (χ1n) is 12.2. The fraction of sp³-hybridized carbons (Fsp3) is 0.276. The third-order valence-electron chi connectivity index (χ3n) is 7.25. The Kier molecular flexibility index (Phi) is 5.46. The van der Waals surface area contributed by atoms with E-state index >= 15 is 0 Å².